The molecule has 0 aliphatic rings. The SMILES string of the molecule is CCNC(N)=NCC(C)c1cccc(C)c1. The molecule has 0 fully saturated rings. The molecule has 0 radical (unpaired) electrons. The summed E-state index contributed by atoms with van der Waals surface area (Å²) in [4.78, 5) is 4.30. The number of guanidine groups is 1. The summed E-state index contributed by atoms with van der Waals surface area (Å²) in [5, 5.41) is 2.99. The smallest absolute Gasteiger partial charge is 0.188 e. The van der Waals surface area contributed by atoms with Crippen LogP contribution in [0, 0.1) is 6.92 Å². The van der Waals surface area contributed by atoms with Crippen LogP contribution in [-0.4, -0.2) is 19.0 Å². The van der Waals surface area contributed by atoms with Crippen LogP contribution in [0.5, 0.6) is 0 Å². The molecule has 3 heteroatoms. The fraction of sp³-hybridized carbons (Fsp3) is 0.462. The summed E-state index contributed by atoms with van der Waals surface area (Å²) in [5.74, 6) is 0.930. The van der Waals surface area contributed by atoms with E-state index in [-0.39, 0.29) is 0 Å². The molecule has 0 spiro atoms. The summed E-state index contributed by atoms with van der Waals surface area (Å²) in [6, 6.07) is 8.52. The van der Waals surface area contributed by atoms with E-state index in [0.717, 1.165) is 13.1 Å². The summed E-state index contributed by atoms with van der Waals surface area (Å²) in [7, 11) is 0. The molecule has 1 aromatic carbocycles. The summed E-state index contributed by atoms with van der Waals surface area (Å²) in [6.45, 7) is 7.81. The molecular formula is C13H21N3. The topological polar surface area (TPSA) is 50.4 Å². The van der Waals surface area contributed by atoms with Crippen LogP contribution in [0.2, 0.25) is 0 Å². The van der Waals surface area contributed by atoms with Crippen molar-refractivity contribution in [2.45, 2.75) is 26.7 Å². The Kier molecular flexibility index (Phi) is 4.83. The molecule has 0 saturated heterocycles. The Labute approximate surface area is 97.8 Å². The van der Waals surface area contributed by atoms with E-state index in [1.165, 1.54) is 11.1 Å². The molecule has 1 atom stereocenters. The van der Waals surface area contributed by atoms with Gasteiger partial charge in [0.2, 0.25) is 0 Å². The highest BCUT2D eigenvalue weighted by Gasteiger charge is 2.04. The average Bonchev–Trinajstić information content (AvgIpc) is 2.26. The van der Waals surface area contributed by atoms with Crippen LogP contribution < -0.4 is 11.1 Å². The molecule has 0 aliphatic heterocycles. The van der Waals surface area contributed by atoms with Crippen LogP contribution in [0.25, 0.3) is 0 Å². The van der Waals surface area contributed by atoms with Crippen molar-refractivity contribution >= 4 is 5.96 Å². The standard InChI is InChI=1S/C13H21N3/c1-4-15-13(14)16-9-11(3)12-7-5-6-10(2)8-12/h5-8,11H,4,9H2,1-3H3,(H3,14,15,16). The number of hydrogen-bond donors (Lipinski definition) is 2. The van der Waals surface area contributed by atoms with E-state index < -0.39 is 0 Å². The van der Waals surface area contributed by atoms with Crippen molar-refractivity contribution in [2.24, 2.45) is 10.7 Å². The van der Waals surface area contributed by atoms with Crippen LogP contribution in [-0.2, 0) is 0 Å². The molecule has 1 aromatic rings. The Hall–Kier alpha value is -1.51. The molecule has 0 amide bonds. The molecule has 3 nitrogen and oxygen atoms in total. The van der Waals surface area contributed by atoms with Crippen LogP contribution >= 0.6 is 0 Å². The fourth-order valence-electron chi connectivity index (χ4n) is 1.55. The lowest BCUT2D eigenvalue weighted by atomic mass is 10.00. The van der Waals surface area contributed by atoms with Crippen LogP contribution in [0.4, 0.5) is 0 Å². The fourth-order valence-corrected chi connectivity index (χ4v) is 1.55. The largest absolute Gasteiger partial charge is 0.370 e. The van der Waals surface area contributed by atoms with Crippen molar-refractivity contribution in [1.82, 2.24) is 5.32 Å². The molecule has 1 unspecified atom stereocenters. The summed E-state index contributed by atoms with van der Waals surface area (Å²) < 4.78 is 0. The van der Waals surface area contributed by atoms with Gasteiger partial charge in [0.15, 0.2) is 5.96 Å². The summed E-state index contributed by atoms with van der Waals surface area (Å²) in [5.41, 5.74) is 8.28. The van der Waals surface area contributed by atoms with Gasteiger partial charge in [0.05, 0.1) is 0 Å². The Morgan fingerprint density at radius 3 is 2.88 bits per heavy atom. The van der Waals surface area contributed by atoms with E-state index in [1.807, 2.05) is 6.92 Å². The molecule has 16 heavy (non-hydrogen) atoms. The number of nitrogens with zero attached hydrogens (tertiary/aromatic N) is 1. The zero-order valence-corrected chi connectivity index (χ0v) is 10.3. The van der Waals surface area contributed by atoms with E-state index in [4.69, 9.17) is 5.73 Å². The Morgan fingerprint density at radius 1 is 1.50 bits per heavy atom. The number of aliphatic imine (C=N–C) groups is 1. The number of nitrogens with one attached hydrogen (secondary N) is 1. The molecule has 1 rings (SSSR count). The maximum Gasteiger partial charge on any atom is 0.188 e. The average molecular weight is 219 g/mol. The van der Waals surface area contributed by atoms with E-state index in [0.29, 0.717) is 11.9 Å². The van der Waals surface area contributed by atoms with Gasteiger partial charge >= 0.3 is 0 Å². The first-order chi connectivity index (χ1) is 7.63. The Bertz CT molecular complexity index is 358. The Balaban J connectivity index is 2.59. The highest BCUT2D eigenvalue weighted by molar-refractivity contribution is 5.77. The number of nitrogens with two attached hydrogens (primary N) is 1. The first-order valence-corrected chi connectivity index (χ1v) is 5.73. The number of aryl methyl sites for hydroxylation is 1. The lowest BCUT2D eigenvalue weighted by molar-refractivity contribution is 0.766. The van der Waals surface area contributed by atoms with Crippen molar-refractivity contribution in [3.63, 3.8) is 0 Å². The minimum absolute atomic E-state index is 0.400. The minimum atomic E-state index is 0.400. The Morgan fingerprint density at radius 2 is 2.25 bits per heavy atom. The molecule has 0 aliphatic carbocycles. The normalized spacial score (nSPS) is 13.6. The number of benzene rings is 1. The second-order valence-corrected chi connectivity index (χ2v) is 4.07. The highest BCUT2D eigenvalue weighted by atomic mass is 15.1. The van der Waals surface area contributed by atoms with Gasteiger partial charge in [-0.25, -0.2) is 0 Å². The zero-order valence-electron chi connectivity index (χ0n) is 10.3. The highest BCUT2D eigenvalue weighted by Crippen LogP contribution is 2.16. The van der Waals surface area contributed by atoms with Gasteiger partial charge in [0.25, 0.3) is 0 Å². The lowest BCUT2D eigenvalue weighted by Gasteiger charge is -2.10. The van der Waals surface area contributed by atoms with Crippen molar-refractivity contribution in [3.05, 3.63) is 35.4 Å². The predicted octanol–water partition coefficient (Wildman–Crippen LogP) is 2.02. The van der Waals surface area contributed by atoms with Gasteiger partial charge in [-0.1, -0.05) is 36.8 Å². The zero-order chi connectivity index (χ0) is 12.0. The minimum Gasteiger partial charge on any atom is -0.370 e. The monoisotopic (exact) mass is 219 g/mol. The van der Waals surface area contributed by atoms with Gasteiger partial charge in [-0.15, -0.1) is 0 Å². The van der Waals surface area contributed by atoms with E-state index in [9.17, 15) is 0 Å². The van der Waals surface area contributed by atoms with Crippen molar-refractivity contribution < 1.29 is 0 Å². The van der Waals surface area contributed by atoms with Gasteiger partial charge in [-0.3, -0.25) is 4.99 Å². The number of rotatable bonds is 4. The van der Waals surface area contributed by atoms with E-state index >= 15 is 0 Å². The third-order valence-corrected chi connectivity index (χ3v) is 2.50. The number of hydrogen-bond acceptors (Lipinski definition) is 1. The quantitative estimate of drug-likeness (QED) is 0.601. The molecular weight excluding hydrogens is 198 g/mol. The summed E-state index contributed by atoms with van der Waals surface area (Å²) in [6.07, 6.45) is 0. The first kappa shape index (κ1) is 12.6. The van der Waals surface area contributed by atoms with Gasteiger partial charge in [-0.2, -0.15) is 0 Å². The molecule has 0 saturated carbocycles. The van der Waals surface area contributed by atoms with Crippen molar-refractivity contribution in [2.75, 3.05) is 13.1 Å². The molecule has 3 N–H and O–H groups in total. The van der Waals surface area contributed by atoms with E-state index in [1.54, 1.807) is 0 Å². The van der Waals surface area contributed by atoms with Gasteiger partial charge in [-0.05, 0) is 19.4 Å². The molecule has 0 bridgehead atoms. The first-order valence-electron chi connectivity index (χ1n) is 5.73. The lowest BCUT2D eigenvalue weighted by Crippen LogP contribution is -2.31. The molecule has 0 heterocycles. The van der Waals surface area contributed by atoms with Crippen LogP contribution in [0.1, 0.15) is 30.9 Å². The van der Waals surface area contributed by atoms with Gasteiger partial charge < -0.3 is 11.1 Å². The summed E-state index contributed by atoms with van der Waals surface area (Å²) >= 11 is 0. The van der Waals surface area contributed by atoms with Crippen molar-refractivity contribution in [1.29, 1.82) is 0 Å². The van der Waals surface area contributed by atoms with Gasteiger partial charge in [0, 0.05) is 19.0 Å². The van der Waals surface area contributed by atoms with Crippen LogP contribution in [0.15, 0.2) is 29.3 Å². The van der Waals surface area contributed by atoms with E-state index in [2.05, 4.69) is 48.4 Å². The van der Waals surface area contributed by atoms with Gasteiger partial charge in [0.1, 0.15) is 0 Å². The molecule has 0 aromatic heterocycles. The predicted molar refractivity (Wildman–Crippen MR) is 69.8 cm³/mol. The molecule has 88 valence electrons. The maximum absolute atomic E-state index is 5.68. The second kappa shape index (κ2) is 6.16. The maximum atomic E-state index is 5.68. The second-order valence-electron chi connectivity index (χ2n) is 4.07. The third kappa shape index (κ3) is 3.93. The third-order valence-electron chi connectivity index (χ3n) is 2.50. The van der Waals surface area contributed by atoms with Crippen LogP contribution in [0.3, 0.4) is 0 Å². The van der Waals surface area contributed by atoms with Crippen molar-refractivity contribution in [3.8, 4) is 0 Å².